The number of ketones is 1. The zero-order chi connectivity index (χ0) is 21.8. The molecular weight excluding hydrogens is 400 g/mol. The van der Waals surface area contributed by atoms with Crippen LogP contribution in [-0.4, -0.2) is 30.8 Å². The summed E-state index contributed by atoms with van der Waals surface area (Å²) < 4.78 is 6.62. The van der Waals surface area contributed by atoms with Crippen molar-refractivity contribution in [2.24, 2.45) is 0 Å². The van der Waals surface area contributed by atoms with Gasteiger partial charge in [0.05, 0.1) is 12.2 Å². The second-order valence-corrected chi connectivity index (χ2v) is 8.26. The predicted octanol–water partition coefficient (Wildman–Crippen LogP) is 3.79. The van der Waals surface area contributed by atoms with Gasteiger partial charge in [0.15, 0.2) is 5.78 Å². The summed E-state index contributed by atoms with van der Waals surface area (Å²) in [5.41, 5.74) is 3.40. The van der Waals surface area contributed by atoms with Crippen molar-refractivity contribution >= 4 is 39.1 Å². The minimum atomic E-state index is -0.484. The summed E-state index contributed by atoms with van der Waals surface area (Å²) in [5, 5.41) is 8.92. The second-order valence-electron chi connectivity index (χ2n) is 7.35. The molecular formula is C23H26N2O4S. The van der Waals surface area contributed by atoms with Gasteiger partial charge in [-0.3, -0.25) is 9.59 Å². The van der Waals surface area contributed by atoms with Crippen molar-refractivity contribution in [2.45, 2.75) is 40.0 Å². The lowest BCUT2D eigenvalue weighted by Gasteiger charge is -2.30. The zero-order valence-corrected chi connectivity index (χ0v) is 18.4. The molecule has 1 aromatic heterocycles. The van der Waals surface area contributed by atoms with Crippen molar-refractivity contribution < 1.29 is 19.1 Å². The molecule has 30 heavy (non-hydrogen) atoms. The van der Waals surface area contributed by atoms with Crippen LogP contribution in [0.5, 0.6) is 0 Å². The number of fused-ring (bicyclic) bond motifs is 1. The quantitative estimate of drug-likeness (QED) is 0.520. The van der Waals surface area contributed by atoms with E-state index in [1.807, 2.05) is 43.5 Å². The average Bonchev–Trinajstić information content (AvgIpc) is 3.10. The van der Waals surface area contributed by atoms with Crippen LogP contribution < -0.4 is 10.6 Å². The Morgan fingerprint density at radius 3 is 2.50 bits per heavy atom. The monoisotopic (exact) mass is 426 g/mol. The molecule has 1 atom stereocenters. The van der Waals surface area contributed by atoms with E-state index in [1.165, 1.54) is 13.8 Å². The van der Waals surface area contributed by atoms with Gasteiger partial charge in [-0.1, -0.05) is 18.2 Å². The molecule has 2 heterocycles. The highest BCUT2D eigenvalue weighted by atomic mass is 32.1. The molecule has 0 spiro atoms. The molecule has 1 aromatic carbocycles. The molecule has 0 fully saturated rings. The number of nitrogens with one attached hydrogen (secondary N) is 2. The Hall–Kier alpha value is -2.93. The Kier molecular flexibility index (Phi) is 6.72. The Balaban J connectivity index is 1.95. The number of thiophene rings is 1. The summed E-state index contributed by atoms with van der Waals surface area (Å²) in [6.07, 6.45) is 0.519. The van der Waals surface area contributed by atoms with Crippen molar-refractivity contribution in [1.29, 1.82) is 0 Å². The van der Waals surface area contributed by atoms with Crippen molar-refractivity contribution in [2.75, 3.05) is 13.2 Å². The van der Waals surface area contributed by atoms with Crippen LogP contribution in [0.15, 0.2) is 52.2 Å². The summed E-state index contributed by atoms with van der Waals surface area (Å²) in [4.78, 5) is 36.6. The molecule has 1 unspecified atom stereocenters. The fourth-order valence-electron chi connectivity index (χ4n) is 3.84. The third-order valence-electron chi connectivity index (χ3n) is 5.11. The lowest BCUT2D eigenvalue weighted by atomic mass is 9.79. The van der Waals surface area contributed by atoms with Crippen LogP contribution in [0, 0.1) is 0 Å². The van der Waals surface area contributed by atoms with Crippen LogP contribution in [-0.2, 0) is 19.1 Å². The molecule has 0 saturated carbocycles. The maximum atomic E-state index is 13.1. The zero-order valence-electron chi connectivity index (χ0n) is 17.6. The standard InChI is InChI=1S/C23H26N2O4S/c1-13-20(15(3)26)22(18-12-30-19-9-6-5-8-17(18)19)21(14(2)25-13)23(28)29-11-7-10-24-16(4)27/h5-6,8-9,12,22,25H,7,10-11H2,1-4H3,(H,24,27). The van der Waals surface area contributed by atoms with Gasteiger partial charge in [0.1, 0.15) is 0 Å². The van der Waals surface area contributed by atoms with Gasteiger partial charge >= 0.3 is 5.97 Å². The number of rotatable bonds is 7. The molecule has 2 N–H and O–H groups in total. The number of hydrogen-bond donors (Lipinski definition) is 2. The van der Waals surface area contributed by atoms with Crippen molar-refractivity contribution in [3.8, 4) is 0 Å². The minimum Gasteiger partial charge on any atom is -0.462 e. The maximum Gasteiger partial charge on any atom is 0.336 e. The number of carbonyl (C=O) groups excluding carboxylic acids is 3. The lowest BCUT2D eigenvalue weighted by Crippen LogP contribution is -2.31. The Morgan fingerprint density at radius 1 is 1.10 bits per heavy atom. The summed E-state index contributed by atoms with van der Waals surface area (Å²) in [5.74, 6) is -1.13. The van der Waals surface area contributed by atoms with Gasteiger partial charge in [-0.05, 0) is 49.6 Å². The molecule has 3 rings (SSSR count). The van der Waals surface area contributed by atoms with Gasteiger partial charge in [0.2, 0.25) is 5.91 Å². The first-order valence-corrected chi connectivity index (χ1v) is 10.8. The Morgan fingerprint density at radius 2 is 1.80 bits per heavy atom. The largest absolute Gasteiger partial charge is 0.462 e. The highest BCUT2D eigenvalue weighted by Gasteiger charge is 2.37. The topological polar surface area (TPSA) is 84.5 Å². The predicted molar refractivity (Wildman–Crippen MR) is 118 cm³/mol. The van der Waals surface area contributed by atoms with Gasteiger partial charge in [0, 0.05) is 41.1 Å². The molecule has 7 heteroatoms. The van der Waals surface area contributed by atoms with Crippen molar-refractivity contribution in [1.82, 2.24) is 10.6 Å². The number of esters is 1. The SMILES string of the molecule is CC(=O)NCCCOC(=O)C1=C(C)NC(C)=C(C(C)=O)C1c1csc2ccccc12. The number of allylic oxidation sites excluding steroid dienone is 3. The highest BCUT2D eigenvalue weighted by molar-refractivity contribution is 7.17. The molecule has 6 nitrogen and oxygen atoms in total. The number of carbonyl (C=O) groups is 3. The highest BCUT2D eigenvalue weighted by Crippen LogP contribution is 2.43. The second kappa shape index (κ2) is 9.26. The summed E-state index contributed by atoms with van der Waals surface area (Å²) in [6.45, 7) is 7.29. The molecule has 1 aliphatic heterocycles. The fourth-order valence-corrected chi connectivity index (χ4v) is 4.83. The minimum absolute atomic E-state index is 0.0799. The Labute approximate surface area is 180 Å². The molecule has 0 saturated heterocycles. The Bertz CT molecular complexity index is 1060. The molecule has 158 valence electrons. The van der Waals surface area contributed by atoms with E-state index < -0.39 is 11.9 Å². The van der Waals surface area contributed by atoms with Gasteiger partial charge in [-0.2, -0.15) is 0 Å². The third-order valence-corrected chi connectivity index (χ3v) is 6.09. The van der Waals surface area contributed by atoms with E-state index in [2.05, 4.69) is 10.6 Å². The van der Waals surface area contributed by atoms with Crippen LogP contribution >= 0.6 is 11.3 Å². The fraction of sp³-hybridized carbons (Fsp3) is 0.348. The smallest absolute Gasteiger partial charge is 0.336 e. The number of hydrogen-bond acceptors (Lipinski definition) is 6. The number of ether oxygens (including phenoxy) is 1. The number of dihydropyridines is 1. The number of benzene rings is 1. The van der Waals surface area contributed by atoms with Crippen molar-refractivity contribution in [3.05, 3.63) is 57.7 Å². The van der Waals surface area contributed by atoms with Crippen LogP contribution in [0.2, 0.25) is 0 Å². The van der Waals surface area contributed by atoms with E-state index >= 15 is 0 Å². The average molecular weight is 427 g/mol. The third kappa shape index (κ3) is 4.46. The molecule has 0 aliphatic carbocycles. The molecule has 1 aliphatic rings. The molecule has 2 aromatic rings. The summed E-state index contributed by atoms with van der Waals surface area (Å²) in [7, 11) is 0. The van der Waals surface area contributed by atoms with Gasteiger partial charge in [-0.15, -0.1) is 11.3 Å². The summed E-state index contributed by atoms with van der Waals surface area (Å²) >= 11 is 1.60. The first-order chi connectivity index (χ1) is 14.3. The van der Waals surface area contributed by atoms with Crippen molar-refractivity contribution in [3.63, 3.8) is 0 Å². The van der Waals surface area contributed by atoms with Crippen LogP contribution in [0.1, 0.15) is 45.6 Å². The van der Waals surface area contributed by atoms with E-state index in [9.17, 15) is 14.4 Å². The van der Waals surface area contributed by atoms with Crippen LogP contribution in [0.4, 0.5) is 0 Å². The lowest BCUT2D eigenvalue weighted by molar-refractivity contribution is -0.139. The van der Waals surface area contributed by atoms with E-state index in [1.54, 1.807) is 11.3 Å². The number of amides is 1. The van der Waals surface area contributed by atoms with E-state index in [0.29, 0.717) is 29.8 Å². The van der Waals surface area contributed by atoms with Crippen LogP contribution in [0.25, 0.3) is 10.1 Å². The molecule has 0 bridgehead atoms. The normalized spacial score (nSPS) is 16.5. The van der Waals surface area contributed by atoms with E-state index in [4.69, 9.17) is 4.74 Å². The molecule has 1 amide bonds. The number of Topliss-reactive ketones (excluding diaryl/α,β-unsaturated/α-hetero) is 1. The van der Waals surface area contributed by atoms with Gasteiger partial charge in [-0.25, -0.2) is 4.79 Å². The summed E-state index contributed by atoms with van der Waals surface area (Å²) in [6, 6.07) is 7.98. The van der Waals surface area contributed by atoms with Gasteiger partial charge < -0.3 is 15.4 Å². The van der Waals surface area contributed by atoms with E-state index in [-0.39, 0.29) is 18.3 Å². The van der Waals surface area contributed by atoms with Crippen LogP contribution in [0.3, 0.4) is 0 Å². The first-order valence-electron chi connectivity index (χ1n) is 9.88. The maximum absolute atomic E-state index is 13.1. The van der Waals surface area contributed by atoms with E-state index in [0.717, 1.165) is 21.3 Å². The van der Waals surface area contributed by atoms with Gasteiger partial charge in [0.25, 0.3) is 0 Å². The first kappa shape index (κ1) is 21.8. The molecule has 0 radical (unpaired) electrons.